The summed E-state index contributed by atoms with van der Waals surface area (Å²) in [5.41, 5.74) is -0.298. The summed E-state index contributed by atoms with van der Waals surface area (Å²) in [6.45, 7) is 5.69. The number of amides is 1. The van der Waals surface area contributed by atoms with Crippen molar-refractivity contribution >= 4 is 31.3 Å². The molecule has 1 saturated heterocycles. The van der Waals surface area contributed by atoms with Crippen molar-refractivity contribution in [1.29, 1.82) is 0 Å². The normalized spacial score (nSPS) is 19.2. The maximum absolute atomic E-state index is 13.2. The van der Waals surface area contributed by atoms with Gasteiger partial charge in [0.1, 0.15) is 0 Å². The Labute approximate surface area is 214 Å². The number of nitrogens with zero attached hydrogens (tertiary/aromatic N) is 2. The number of aliphatic hydroxyl groups excluding tert-OH is 1. The molecule has 3 atom stereocenters. The zero-order valence-electron chi connectivity index (χ0n) is 21.4. The van der Waals surface area contributed by atoms with Crippen molar-refractivity contribution in [3.8, 4) is 0 Å². The standard InChI is InChI=1S/C25H38N2O7Se/c1-25(2,3)34-24(30)27-15-20(29)19(14-26(4)5)22(27)23(33-17-32-13-12-31-6)21(16-28)35-18-10-8-7-9-11-18/h7-11,14,21-23,28H,12-13,15-17H2,1-6H3/b19-14+/t21?,22-,23-/m0/s1. The van der Waals surface area contributed by atoms with Crippen molar-refractivity contribution in [2.24, 2.45) is 0 Å². The van der Waals surface area contributed by atoms with Gasteiger partial charge < -0.3 is 0 Å². The van der Waals surface area contributed by atoms with Gasteiger partial charge in [-0.15, -0.1) is 0 Å². The van der Waals surface area contributed by atoms with Crippen LogP contribution in [0.2, 0.25) is 4.82 Å². The van der Waals surface area contributed by atoms with Gasteiger partial charge in [0.2, 0.25) is 0 Å². The zero-order chi connectivity index (χ0) is 26.0. The summed E-state index contributed by atoms with van der Waals surface area (Å²) < 4.78 is 23.5. The quantitative estimate of drug-likeness (QED) is 0.179. The molecule has 1 aliphatic rings. The average molecular weight is 558 g/mol. The molecule has 0 aromatic heterocycles. The number of ketones is 1. The van der Waals surface area contributed by atoms with Crippen LogP contribution in [0, 0.1) is 0 Å². The second-order valence-electron chi connectivity index (χ2n) is 9.33. The Bertz CT molecular complexity index is 842. The molecule has 0 saturated carbocycles. The van der Waals surface area contributed by atoms with Gasteiger partial charge in [0.25, 0.3) is 0 Å². The molecule has 1 fully saturated rings. The van der Waals surface area contributed by atoms with Gasteiger partial charge in [0.15, 0.2) is 0 Å². The van der Waals surface area contributed by atoms with Crippen LogP contribution in [0.15, 0.2) is 42.1 Å². The Morgan fingerprint density at radius 2 is 1.94 bits per heavy atom. The van der Waals surface area contributed by atoms with Gasteiger partial charge in [-0.2, -0.15) is 0 Å². The number of Topliss-reactive ketones (excluding diaryl/α,β-unsaturated/α-hetero) is 1. The fourth-order valence-corrected chi connectivity index (χ4v) is 5.88. The van der Waals surface area contributed by atoms with Gasteiger partial charge in [-0.05, 0) is 0 Å². The summed E-state index contributed by atoms with van der Waals surface area (Å²) in [6, 6.07) is 9.07. The van der Waals surface area contributed by atoms with Crippen molar-refractivity contribution in [3.63, 3.8) is 0 Å². The summed E-state index contributed by atoms with van der Waals surface area (Å²) in [6.07, 6.45) is 0.410. The fraction of sp³-hybridized carbons (Fsp3) is 0.600. The summed E-state index contributed by atoms with van der Waals surface area (Å²) >= 11 is -0.207. The summed E-state index contributed by atoms with van der Waals surface area (Å²) in [5.74, 6) is -0.188. The Morgan fingerprint density at radius 1 is 1.26 bits per heavy atom. The van der Waals surface area contributed by atoms with Crippen LogP contribution >= 0.6 is 0 Å². The molecule has 196 valence electrons. The van der Waals surface area contributed by atoms with Crippen molar-refractivity contribution < 1.29 is 33.6 Å². The van der Waals surface area contributed by atoms with E-state index in [2.05, 4.69) is 0 Å². The van der Waals surface area contributed by atoms with Crippen molar-refractivity contribution in [2.45, 2.75) is 43.3 Å². The van der Waals surface area contributed by atoms with E-state index in [-0.39, 0.29) is 45.5 Å². The van der Waals surface area contributed by atoms with Crippen LogP contribution in [0.1, 0.15) is 20.8 Å². The van der Waals surface area contributed by atoms with E-state index >= 15 is 0 Å². The molecule has 1 heterocycles. The summed E-state index contributed by atoms with van der Waals surface area (Å²) in [4.78, 5) is 29.1. The molecule has 0 bridgehead atoms. The molecule has 2 rings (SSSR count). The number of hydrogen-bond acceptors (Lipinski definition) is 8. The third-order valence-electron chi connectivity index (χ3n) is 4.98. The SMILES string of the molecule is COCCOCO[C@@H](C(CO)[Se]c1ccccc1)[C@@H]1/C(=C/N(C)C)C(=O)CN1C(=O)OC(C)(C)C. The third-order valence-corrected chi connectivity index (χ3v) is 7.63. The van der Waals surface area contributed by atoms with E-state index in [1.54, 1.807) is 39.0 Å². The number of hydrogen-bond donors (Lipinski definition) is 1. The number of benzene rings is 1. The van der Waals surface area contributed by atoms with Crippen LogP contribution in [-0.4, -0.2) is 114 Å². The first-order valence-corrected chi connectivity index (χ1v) is 13.3. The summed E-state index contributed by atoms with van der Waals surface area (Å²) in [5, 5.41) is 10.4. The zero-order valence-corrected chi connectivity index (χ0v) is 23.1. The molecule has 1 aromatic rings. The van der Waals surface area contributed by atoms with Gasteiger partial charge >= 0.3 is 215 Å². The molecule has 0 aliphatic carbocycles. The summed E-state index contributed by atoms with van der Waals surface area (Å²) in [7, 11) is 5.21. The van der Waals surface area contributed by atoms with Crippen molar-refractivity contribution in [2.75, 3.05) is 54.4 Å². The van der Waals surface area contributed by atoms with Crippen LogP contribution < -0.4 is 4.46 Å². The van der Waals surface area contributed by atoms with Gasteiger partial charge in [0.05, 0.1) is 0 Å². The number of carbonyl (C=O) groups is 2. The molecule has 1 aromatic carbocycles. The van der Waals surface area contributed by atoms with E-state index in [0.717, 1.165) is 4.46 Å². The van der Waals surface area contributed by atoms with Crippen LogP contribution in [0.25, 0.3) is 0 Å². The van der Waals surface area contributed by atoms with Gasteiger partial charge in [0, 0.05) is 0 Å². The van der Waals surface area contributed by atoms with E-state index in [1.807, 2.05) is 44.4 Å². The predicted molar refractivity (Wildman–Crippen MR) is 134 cm³/mol. The molecular formula is C25H38N2O7Se. The number of rotatable bonds is 12. The van der Waals surface area contributed by atoms with Gasteiger partial charge in [-0.25, -0.2) is 0 Å². The van der Waals surface area contributed by atoms with E-state index in [9.17, 15) is 14.7 Å². The van der Waals surface area contributed by atoms with Crippen LogP contribution in [-0.2, 0) is 23.7 Å². The topological polar surface area (TPSA) is 97.8 Å². The van der Waals surface area contributed by atoms with Crippen LogP contribution in [0.3, 0.4) is 0 Å². The number of likely N-dealkylation sites (tertiary alicyclic amines) is 1. The minimum atomic E-state index is -0.742. The molecule has 1 unspecified atom stereocenters. The van der Waals surface area contributed by atoms with E-state index in [1.165, 1.54) is 4.90 Å². The first-order valence-electron chi connectivity index (χ1n) is 11.5. The molecule has 0 radical (unpaired) electrons. The maximum atomic E-state index is 13.2. The van der Waals surface area contributed by atoms with E-state index in [0.29, 0.717) is 18.8 Å². The first-order chi connectivity index (χ1) is 16.6. The number of carbonyl (C=O) groups excluding carboxylic acids is 2. The molecule has 35 heavy (non-hydrogen) atoms. The Balaban J connectivity index is 2.45. The average Bonchev–Trinajstić information content (AvgIpc) is 3.10. The second kappa shape index (κ2) is 14.0. The van der Waals surface area contributed by atoms with E-state index < -0.39 is 23.8 Å². The Hall–Kier alpha value is -1.94. The molecule has 1 N–H and O–H groups in total. The predicted octanol–water partition coefficient (Wildman–Crippen LogP) is 1.44. The minimum absolute atomic E-state index is 0.0719. The fourth-order valence-electron chi connectivity index (χ4n) is 3.57. The number of methoxy groups -OCH3 is 1. The van der Waals surface area contributed by atoms with Crippen molar-refractivity contribution in [3.05, 3.63) is 42.1 Å². The van der Waals surface area contributed by atoms with Gasteiger partial charge in [-0.1, -0.05) is 0 Å². The Morgan fingerprint density at radius 3 is 2.51 bits per heavy atom. The first kappa shape index (κ1) is 29.3. The molecule has 10 heteroatoms. The molecule has 9 nitrogen and oxygen atoms in total. The number of ether oxygens (including phenoxy) is 4. The third kappa shape index (κ3) is 9.22. The molecule has 1 aliphatic heterocycles. The van der Waals surface area contributed by atoms with Crippen molar-refractivity contribution in [1.82, 2.24) is 9.80 Å². The Kier molecular flexibility index (Phi) is 11.7. The van der Waals surface area contributed by atoms with Crippen LogP contribution in [0.5, 0.6) is 0 Å². The second-order valence-corrected chi connectivity index (χ2v) is 12.1. The number of aliphatic hydroxyl groups is 1. The molecule has 1 amide bonds. The monoisotopic (exact) mass is 558 g/mol. The van der Waals surface area contributed by atoms with Gasteiger partial charge in [-0.3, -0.25) is 0 Å². The molecule has 0 spiro atoms. The van der Waals surface area contributed by atoms with Crippen LogP contribution in [0.4, 0.5) is 4.79 Å². The van der Waals surface area contributed by atoms with E-state index in [4.69, 9.17) is 18.9 Å². The molecular weight excluding hydrogens is 519 g/mol.